The van der Waals surface area contributed by atoms with Gasteiger partial charge in [0.2, 0.25) is 11.7 Å². The molecule has 0 spiro atoms. The lowest BCUT2D eigenvalue weighted by atomic mass is 9.99. The maximum Gasteiger partial charge on any atom is 0.292 e. The van der Waals surface area contributed by atoms with Crippen LogP contribution in [0.5, 0.6) is 0 Å². The Morgan fingerprint density at radius 2 is 2.12 bits per heavy atom. The van der Waals surface area contributed by atoms with Crippen LogP contribution in [0.25, 0.3) is 22.4 Å². The molecule has 0 aliphatic carbocycles. The van der Waals surface area contributed by atoms with Crippen LogP contribution in [0.4, 0.5) is 8.78 Å². The Balaban J connectivity index is 1.45. The van der Waals surface area contributed by atoms with Crippen LogP contribution in [0.1, 0.15) is 45.9 Å². The summed E-state index contributed by atoms with van der Waals surface area (Å²) in [5.74, 6) is -0.830. The number of nitrogens with one attached hydrogen (secondary N) is 1. The Bertz CT molecular complexity index is 1480. The first-order valence-corrected chi connectivity index (χ1v) is 10.6. The molecule has 172 valence electrons. The van der Waals surface area contributed by atoms with Gasteiger partial charge in [-0.05, 0) is 12.1 Å². The Morgan fingerprint density at radius 3 is 2.88 bits per heavy atom. The number of nitrogens with zero attached hydrogens (tertiary/aromatic N) is 5. The number of benzene rings is 1. The van der Waals surface area contributed by atoms with Crippen LogP contribution in [0.15, 0.2) is 57.9 Å². The highest BCUT2D eigenvalue weighted by Gasteiger charge is 2.40. The highest BCUT2D eigenvalue weighted by Crippen LogP contribution is 2.38. The summed E-state index contributed by atoms with van der Waals surface area (Å²) in [5, 5.41) is 4.87. The molecule has 5 aromatic rings. The minimum atomic E-state index is -3.00. The predicted molar refractivity (Wildman–Crippen MR) is 115 cm³/mol. The molecule has 0 bridgehead atoms. The number of hydrogen-bond acceptors (Lipinski definition) is 6. The van der Waals surface area contributed by atoms with Crippen LogP contribution in [0.2, 0.25) is 0 Å². The zero-order valence-electron chi connectivity index (χ0n) is 17.9. The molecule has 11 heteroatoms. The second kappa shape index (κ2) is 7.65. The van der Waals surface area contributed by atoms with Crippen LogP contribution in [0.3, 0.4) is 0 Å². The molecule has 0 saturated heterocycles. The summed E-state index contributed by atoms with van der Waals surface area (Å²) in [6.45, 7) is 0.251. The molecule has 4 aromatic heterocycles. The smallest absolute Gasteiger partial charge is 0.292 e. The summed E-state index contributed by atoms with van der Waals surface area (Å²) in [6.07, 6.45) is 2.04. The van der Waals surface area contributed by atoms with Gasteiger partial charge in [-0.15, -0.1) is 0 Å². The molecular weight excluding hydrogens is 446 g/mol. The van der Waals surface area contributed by atoms with E-state index in [-0.39, 0.29) is 12.4 Å². The zero-order chi connectivity index (χ0) is 23.4. The van der Waals surface area contributed by atoms with Gasteiger partial charge in [-0.1, -0.05) is 18.2 Å². The highest BCUT2D eigenvalue weighted by molar-refractivity contribution is 5.94. The largest absolute Gasteiger partial charge is 0.458 e. The predicted octanol–water partition coefficient (Wildman–Crippen LogP) is 4.27. The molecule has 0 radical (unpaired) electrons. The molecule has 34 heavy (non-hydrogen) atoms. The van der Waals surface area contributed by atoms with E-state index < -0.39 is 29.8 Å². The van der Waals surface area contributed by atoms with Gasteiger partial charge >= 0.3 is 0 Å². The third kappa shape index (κ3) is 3.19. The quantitative estimate of drug-likeness (QED) is 0.426. The second-order valence-electron chi connectivity index (χ2n) is 8.04. The van der Waals surface area contributed by atoms with Crippen molar-refractivity contribution < 1.29 is 22.4 Å². The van der Waals surface area contributed by atoms with Crippen molar-refractivity contribution in [3.05, 3.63) is 77.7 Å². The van der Waals surface area contributed by atoms with Crippen molar-refractivity contribution >= 4 is 16.9 Å². The van der Waals surface area contributed by atoms with Gasteiger partial charge in [-0.2, -0.15) is 5.10 Å². The normalized spacial score (nSPS) is 15.9. The molecule has 9 nitrogen and oxygen atoms in total. The average Bonchev–Trinajstić information content (AvgIpc) is 3.62. The van der Waals surface area contributed by atoms with E-state index in [0.29, 0.717) is 29.0 Å². The number of oxazole rings is 1. The van der Waals surface area contributed by atoms with E-state index in [4.69, 9.17) is 8.83 Å². The maximum absolute atomic E-state index is 13.9. The Morgan fingerprint density at radius 1 is 1.26 bits per heavy atom. The molecule has 1 aromatic carbocycles. The SMILES string of the molecule is Cn1cc(-c2nc(C(F)F)c(C(=O)N3CCc4[nH]cnc4[C@H]3c3cc4ccccc4o3)o2)cn1. The minimum absolute atomic E-state index is 0.0931. The van der Waals surface area contributed by atoms with Crippen molar-refractivity contribution in [1.82, 2.24) is 29.6 Å². The standard InChI is InChI=1S/C23H18F2N6O3/c1-30-10-13(9-28-30)22-29-18(21(24)25)20(34-22)23(32)31-7-6-14-17(27-11-26-14)19(31)16-8-12-4-2-3-5-15(12)33-16/h2-5,8-11,19,21H,6-7H2,1H3,(H,26,27)/t19-/m1/s1. The molecular formula is C23H18F2N6O3. The molecule has 0 unspecified atom stereocenters. The lowest BCUT2D eigenvalue weighted by molar-refractivity contribution is 0.0626. The maximum atomic E-state index is 13.9. The van der Waals surface area contributed by atoms with Crippen LogP contribution in [-0.2, 0) is 13.5 Å². The summed E-state index contributed by atoms with van der Waals surface area (Å²) in [5.41, 5.74) is 1.80. The lowest BCUT2D eigenvalue weighted by Crippen LogP contribution is -2.40. The van der Waals surface area contributed by atoms with E-state index in [1.54, 1.807) is 19.6 Å². The first-order chi connectivity index (χ1) is 16.5. The number of alkyl halides is 2. The van der Waals surface area contributed by atoms with E-state index in [9.17, 15) is 13.6 Å². The van der Waals surface area contributed by atoms with E-state index >= 15 is 0 Å². The summed E-state index contributed by atoms with van der Waals surface area (Å²) in [6, 6.07) is 8.57. The van der Waals surface area contributed by atoms with Gasteiger partial charge in [0.1, 0.15) is 17.4 Å². The number of imidazole rings is 1. The zero-order valence-corrected chi connectivity index (χ0v) is 17.9. The number of rotatable bonds is 4. The van der Waals surface area contributed by atoms with Crippen LogP contribution >= 0.6 is 0 Å². The van der Waals surface area contributed by atoms with Gasteiger partial charge in [-0.3, -0.25) is 9.48 Å². The molecule has 0 saturated carbocycles. The fourth-order valence-corrected chi connectivity index (χ4v) is 4.34. The van der Waals surface area contributed by atoms with Crippen LogP contribution in [-0.4, -0.2) is 42.1 Å². The lowest BCUT2D eigenvalue weighted by Gasteiger charge is -2.33. The van der Waals surface area contributed by atoms with Crippen LogP contribution in [0, 0.1) is 0 Å². The van der Waals surface area contributed by atoms with Gasteiger partial charge < -0.3 is 18.7 Å². The monoisotopic (exact) mass is 464 g/mol. The van der Waals surface area contributed by atoms with Gasteiger partial charge in [-0.25, -0.2) is 18.7 Å². The van der Waals surface area contributed by atoms with Crippen molar-refractivity contribution in [3.8, 4) is 11.5 Å². The fraction of sp³-hybridized carbons (Fsp3) is 0.217. The van der Waals surface area contributed by atoms with E-state index in [0.717, 1.165) is 11.1 Å². The Hall–Kier alpha value is -4.28. The van der Waals surface area contributed by atoms with Crippen molar-refractivity contribution in [2.75, 3.05) is 6.54 Å². The molecule has 1 aliphatic rings. The van der Waals surface area contributed by atoms with Crippen molar-refractivity contribution in [3.63, 3.8) is 0 Å². The molecule has 6 rings (SSSR count). The van der Waals surface area contributed by atoms with Gasteiger partial charge in [0, 0.05) is 37.3 Å². The molecule has 0 fully saturated rings. The highest BCUT2D eigenvalue weighted by atomic mass is 19.3. The third-order valence-electron chi connectivity index (χ3n) is 5.91. The Kier molecular flexibility index (Phi) is 4.57. The van der Waals surface area contributed by atoms with E-state index in [2.05, 4.69) is 20.1 Å². The van der Waals surface area contributed by atoms with Gasteiger partial charge in [0.25, 0.3) is 12.3 Å². The number of carbonyl (C=O) groups excluding carboxylic acids is 1. The molecule has 1 atom stereocenters. The number of aromatic amines is 1. The number of halogens is 2. The fourth-order valence-electron chi connectivity index (χ4n) is 4.34. The second-order valence-corrected chi connectivity index (χ2v) is 8.04. The third-order valence-corrected chi connectivity index (χ3v) is 5.91. The Labute approximate surface area is 191 Å². The molecule has 1 aliphatic heterocycles. The summed E-state index contributed by atoms with van der Waals surface area (Å²) in [7, 11) is 1.68. The summed E-state index contributed by atoms with van der Waals surface area (Å²) >= 11 is 0. The number of aromatic nitrogens is 5. The van der Waals surface area contributed by atoms with Gasteiger partial charge in [0.15, 0.2) is 5.69 Å². The molecule has 5 heterocycles. The summed E-state index contributed by atoms with van der Waals surface area (Å²) < 4.78 is 40.9. The summed E-state index contributed by atoms with van der Waals surface area (Å²) in [4.78, 5) is 26.5. The number of hydrogen-bond donors (Lipinski definition) is 1. The first-order valence-electron chi connectivity index (χ1n) is 10.6. The number of fused-ring (bicyclic) bond motifs is 2. The molecule has 1 N–H and O–H groups in total. The van der Waals surface area contributed by atoms with E-state index in [1.807, 2.05) is 30.3 Å². The number of para-hydroxylation sites is 1. The number of carbonyl (C=O) groups is 1. The van der Waals surface area contributed by atoms with Crippen molar-refractivity contribution in [2.45, 2.75) is 18.9 Å². The van der Waals surface area contributed by atoms with Crippen molar-refractivity contribution in [1.29, 1.82) is 0 Å². The number of aryl methyl sites for hydroxylation is 1. The molecule has 1 amide bonds. The number of H-pyrrole nitrogens is 1. The number of amides is 1. The first kappa shape index (κ1) is 20.3. The topological polar surface area (TPSA) is 106 Å². The van der Waals surface area contributed by atoms with Crippen molar-refractivity contribution in [2.24, 2.45) is 7.05 Å². The van der Waals surface area contributed by atoms with E-state index in [1.165, 1.54) is 15.8 Å². The minimum Gasteiger partial charge on any atom is -0.458 e. The van der Waals surface area contributed by atoms with Crippen LogP contribution < -0.4 is 0 Å². The average molecular weight is 464 g/mol. The van der Waals surface area contributed by atoms with Gasteiger partial charge in [0.05, 0.1) is 23.8 Å². The number of furan rings is 1.